The summed E-state index contributed by atoms with van der Waals surface area (Å²) in [5.41, 5.74) is 0. The molecule has 0 unspecified atom stereocenters. The maximum absolute atomic E-state index is 13.3. The largest absolute Gasteiger partial charge is 0.382 e. The molecule has 0 aliphatic heterocycles. The molecule has 0 amide bonds. The van der Waals surface area contributed by atoms with Crippen molar-refractivity contribution in [3.8, 4) is 0 Å². The first-order valence-electron chi connectivity index (χ1n) is 6.60. The van der Waals surface area contributed by atoms with E-state index in [2.05, 4.69) is 5.32 Å². The van der Waals surface area contributed by atoms with Crippen molar-refractivity contribution in [2.24, 2.45) is 0 Å². The van der Waals surface area contributed by atoms with Crippen molar-refractivity contribution in [3.05, 3.63) is 29.8 Å². The number of halogens is 2. The Morgan fingerprint density at radius 2 is 2.05 bits per heavy atom. The van der Waals surface area contributed by atoms with Crippen LogP contribution in [0.2, 0.25) is 0 Å². The van der Waals surface area contributed by atoms with Crippen molar-refractivity contribution < 1.29 is 13.5 Å². The summed E-state index contributed by atoms with van der Waals surface area (Å²) in [5.74, 6) is -0.246. The van der Waals surface area contributed by atoms with Crippen LogP contribution in [-0.2, 0) is 4.74 Å². The lowest BCUT2D eigenvalue weighted by Gasteiger charge is -2.06. The number of rotatable bonds is 10. The van der Waals surface area contributed by atoms with Gasteiger partial charge in [-0.15, -0.1) is 11.8 Å². The molecule has 1 aromatic carbocycles. The van der Waals surface area contributed by atoms with E-state index >= 15 is 0 Å². The molecule has 0 fully saturated rings. The number of thioether (sulfide) groups is 1. The monoisotopic (exact) mass is 289 g/mol. The summed E-state index contributed by atoms with van der Waals surface area (Å²) in [7, 11) is 0. The molecule has 0 aromatic heterocycles. The fourth-order valence-corrected chi connectivity index (χ4v) is 2.38. The lowest BCUT2D eigenvalue weighted by Crippen LogP contribution is -2.18. The first kappa shape index (κ1) is 16.4. The highest BCUT2D eigenvalue weighted by atomic mass is 32.2. The zero-order valence-corrected chi connectivity index (χ0v) is 12.1. The van der Waals surface area contributed by atoms with Gasteiger partial charge in [-0.1, -0.05) is 0 Å². The first-order chi connectivity index (χ1) is 9.24. The van der Waals surface area contributed by atoms with Gasteiger partial charge in [-0.3, -0.25) is 0 Å². The molecular formula is C14H21F2NOS. The highest BCUT2D eigenvalue weighted by Gasteiger charge is 2.03. The van der Waals surface area contributed by atoms with Crippen molar-refractivity contribution in [1.29, 1.82) is 0 Å². The summed E-state index contributed by atoms with van der Waals surface area (Å²) >= 11 is 1.40. The van der Waals surface area contributed by atoms with Crippen LogP contribution in [0.25, 0.3) is 0 Å². The van der Waals surface area contributed by atoms with Crippen LogP contribution in [0.15, 0.2) is 23.1 Å². The van der Waals surface area contributed by atoms with E-state index in [0.29, 0.717) is 4.90 Å². The van der Waals surface area contributed by atoms with Gasteiger partial charge in [-0.25, -0.2) is 8.78 Å². The van der Waals surface area contributed by atoms with E-state index in [-0.39, 0.29) is 0 Å². The minimum absolute atomic E-state index is 0.485. The van der Waals surface area contributed by atoms with Gasteiger partial charge in [0.05, 0.1) is 0 Å². The lowest BCUT2D eigenvalue weighted by molar-refractivity contribution is 0.143. The molecule has 0 saturated heterocycles. The maximum atomic E-state index is 13.3. The highest BCUT2D eigenvalue weighted by molar-refractivity contribution is 7.99. The standard InChI is InChI=1S/C14H21F2NOS/c1-2-18-9-4-3-7-17-8-10-19-14-6-5-12(15)11-13(14)16/h5-6,11,17H,2-4,7-10H2,1H3. The molecular weight excluding hydrogens is 268 g/mol. The predicted octanol–water partition coefficient (Wildman–Crippen LogP) is 3.46. The van der Waals surface area contributed by atoms with Crippen molar-refractivity contribution in [1.82, 2.24) is 5.32 Å². The van der Waals surface area contributed by atoms with Gasteiger partial charge in [0.2, 0.25) is 0 Å². The van der Waals surface area contributed by atoms with Crippen molar-refractivity contribution in [3.63, 3.8) is 0 Å². The van der Waals surface area contributed by atoms with E-state index < -0.39 is 11.6 Å². The van der Waals surface area contributed by atoms with E-state index in [1.807, 2.05) is 6.92 Å². The van der Waals surface area contributed by atoms with Crippen LogP contribution < -0.4 is 5.32 Å². The normalized spacial score (nSPS) is 10.9. The summed E-state index contributed by atoms with van der Waals surface area (Å²) in [4.78, 5) is 0.500. The molecule has 0 aliphatic rings. The van der Waals surface area contributed by atoms with Crippen molar-refractivity contribution >= 4 is 11.8 Å². The number of hydrogen-bond acceptors (Lipinski definition) is 3. The van der Waals surface area contributed by atoms with Crippen molar-refractivity contribution in [2.45, 2.75) is 24.7 Å². The lowest BCUT2D eigenvalue weighted by atomic mass is 10.3. The van der Waals surface area contributed by atoms with Gasteiger partial charge in [-0.2, -0.15) is 0 Å². The molecule has 0 spiro atoms. The zero-order chi connectivity index (χ0) is 13.9. The van der Waals surface area contributed by atoms with E-state index in [9.17, 15) is 8.78 Å². The van der Waals surface area contributed by atoms with Gasteiger partial charge in [0.25, 0.3) is 0 Å². The van der Waals surface area contributed by atoms with Gasteiger partial charge >= 0.3 is 0 Å². The van der Waals surface area contributed by atoms with Crippen LogP contribution in [0, 0.1) is 11.6 Å². The third-order valence-corrected chi connectivity index (χ3v) is 3.58. The number of ether oxygens (including phenoxy) is 1. The fraction of sp³-hybridized carbons (Fsp3) is 0.571. The first-order valence-corrected chi connectivity index (χ1v) is 7.59. The van der Waals surface area contributed by atoms with E-state index in [4.69, 9.17) is 4.74 Å². The topological polar surface area (TPSA) is 21.3 Å². The second-order valence-corrected chi connectivity index (χ2v) is 5.21. The van der Waals surface area contributed by atoms with Gasteiger partial charge in [0.15, 0.2) is 0 Å². The van der Waals surface area contributed by atoms with Gasteiger partial charge in [0.1, 0.15) is 11.6 Å². The third-order valence-electron chi connectivity index (χ3n) is 2.53. The average Bonchev–Trinajstić information content (AvgIpc) is 2.39. The molecule has 0 heterocycles. The Morgan fingerprint density at radius 3 is 2.79 bits per heavy atom. The summed E-state index contributed by atoms with van der Waals surface area (Å²) in [6.07, 6.45) is 2.14. The Labute approximate surface area is 117 Å². The van der Waals surface area contributed by atoms with Gasteiger partial charge in [-0.05, 0) is 38.4 Å². The van der Waals surface area contributed by atoms with Crippen LogP contribution in [-0.4, -0.2) is 32.1 Å². The quantitative estimate of drug-likeness (QED) is 0.526. The molecule has 19 heavy (non-hydrogen) atoms. The maximum Gasteiger partial charge on any atom is 0.139 e. The molecule has 1 aromatic rings. The molecule has 1 N–H and O–H groups in total. The Hall–Kier alpha value is -0.650. The molecule has 5 heteroatoms. The summed E-state index contributed by atoms with van der Waals surface area (Å²) in [5, 5.41) is 3.29. The molecule has 108 valence electrons. The second kappa shape index (κ2) is 10.2. The van der Waals surface area contributed by atoms with Crippen LogP contribution in [0.3, 0.4) is 0 Å². The Bertz CT molecular complexity index is 363. The molecule has 0 atom stereocenters. The zero-order valence-electron chi connectivity index (χ0n) is 11.3. The Morgan fingerprint density at radius 1 is 1.21 bits per heavy atom. The van der Waals surface area contributed by atoms with Crippen LogP contribution >= 0.6 is 11.8 Å². The molecule has 1 rings (SSSR count). The summed E-state index contributed by atoms with van der Waals surface area (Å²) in [6, 6.07) is 3.69. The van der Waals surface area contributed by atoms with E-state index in [0.717, 1.165) is 51.0 Å². The molecule has 0 bridgehead atoms. The third kappa shape index (κ3) is 7.50. The number of benzene rings is 1. The van der Waals surface area contributed by atoms with Crippen LogP contribution in [0.4, 0.5) is 8.78 Å². The minimum atomic E-state index is -0.533. The van der Waals surface area contributed by atoms with Gasteiger partial charge < -0.3 is 10.1 Å². The number of nitrogens with one attached hydrogen (secondary N) is 1. The predicted molar refractivity (Wildman–Crippen MR) is 75.7 cm³/mol. The number of unbranched alkanes of at least 4 members (excludes halogenated alkanes) is 1. The summed E-state index contributed by atoms with van der Waals surface area (Å²) in [6.45, 7) is 5.33. The molecule has 2 nitrogen and oxygen atoms in total. The van der Waals surface area contributed by atoms with Crippen LogP contribution in [0.1, 0.15) is 19.8 Å². The average molecular weight is 289 g/mol. The molecule has 0 radical (unpaired) electrons. The number of hydrogen-bond donors (Lipinski definition) is 1. The Kier molecular flexibility index (Phi) is 8.79. The van der Waals surface area contributed by atoms with Crippen LogP contribution in [0.5, 0.6) is 0 Å². The van der Waals surface area contributed by atoms with E-state index in [1.54, 1.807) is 0 Å². The fourth-order valence-electron chi connectivity index (χ4n) is 1.55. The smallest absolute Gasteiger partial charge is 0.139 e. The SMILES string of the molecule is CCOCCCCNCCSc1ccc(F)cc1F. The minimum Gasteiger partial charge on any atom is -0.382 e. The second-order valence-electron chi connectivity index (χ2n) is 4.08. The molecule has 0 saturated carbocycles. The highest BCUT2D eigenvalue weighted by Crippen LogP contribution is 2.21. The Balaban J connectivity index is 2.01. The van der Waals surface area contributed by atoms with Crippen molar-refractivity contribution in [2.75, 3.05) is 32.1 Å². The van der Waals surface area contributed by atoms with Gasteiger partial charge in [0, 0.05) is 36.5 Å². The van der Waals surface area contributed by atoms with E-state index in [1.165, 1.54) is 23.9 Å². The summed E-state index contributed by atoms with van der Waals surface area (Å²) < 4.78 is 31.2. The molecule has 0 aliphatic carbocycles.